The van der Waals surface area contributed by atoms with Gasteiger partial charge in [0, 0.05) is 45.6 Å². The van der Waals surface area contributed by atoms with E-state index in [1.54, 1.807) is 12.3 Å². The molecule has 5 heteroatoms. The Morgan fingerprint density at radius 2 is 2.23 bits per heavy atom. The SMILES string of the molecule is CCCO[C@@H]1CCCN(C(=O)c2ccnc(N(C)C)c2)CC1. The average Bonchev–Trinajstić information content (AvgIpc) is 2.78. The van der Waals surface area contributed by atoms with E-state index in [9.17, 15) is 4.79 Å². The van der Waals surface area contributed by atoms with Crippen molar-refractivity contribution in [3.63, 3.8) is 0 Å². The molecule has 0 saturated carbocycles. The third kappa shape index (κ3) is 4.44. The molecule has 1 atom stereocenters. The molecule has 1 amide bonds. The fourth-order valence-corrected chi connectivity index (χ4v) is 2.70. The van der Waals surface area contributed by atoms with E-state index in [1.807, 2.05) is 30.0 Å². The number of ether oxygens (including phenoxy) is 1. The number of likely N-dealkylation sites (tertiary alicyclic amines) is 1. The number of pyridine rings is 1. The quantitative estimate of drug-likeness (QED) is 0.839. The Kier molecular flexibility index (Phi) is 6.19. The summed E-state index contributed by atoms with van der Waals surface area (Å²) in [6, 6.07) is 3.66. The molecule has 2 rings (SSSR count). The summed E-state index contributed by atoms with van der Waals surface area (Å²) in [6.45, 7) is 4.52. The van der Waals surface area contributed by atoms with Crippen LogP contribution in [0.1, 0.15) is 43.0 Å². The lowest BCUT2D eigenvalue weighted by Crippen LogP contribution is -2.32. The molecule has 0 radical (unpaired) electrons. The van der Waals surface area contributed by atoms with Crippen LogP contribution in [0.2, 0.25) is 0 Å². The Bertz CT molecular complexity index is 491. The lowest BCUT2D eigenvalue weighted by atomic mass is 10.1. The molecule has 0 aliphatic carbocycles. The molecule has 1 aliphatic heterocycles. The van der Waals surface area contributed by atoms with Crippen molar-refractivity contribution >= 4 is 11.7 Å². The van der Waals surface area contributed by atoms with E-state index in [2.05, 4.69) is 11.9 Å². The van der Waals surface area contributed by atoms with E-state index in [-0.39, 0.29) is 5.91 Å². The fraction of sp³-hybridized carbons (Fsp3) is 0.647. The molecular weight excluding hydrogens is 278 g/mol. The predicted octanol–water partition coefficient (Wildman–Crippen LogP) is 2.57. The van der Waals surface area contributed by atoms with Crippen molar-refractivity contribution in [3.8, 4) is 0 Å². The highest BCUT2D eigenvalue weighted by Gasteiger charge is 2.22. The maximum absolute atomic E-state index is 12.7. The number of hydrogen-bond acceptors (Lipinski definition) is 4. The zero-order valence-electron chi connectivity index (χ0n) is 13.9. The number of anilines is 1. The molecule has 5 nitrogen and oxygen atoms in total. The van der Waals surface area contributed by atoms with Gasteiger partial charge in [-0.2, -0.15) is 0 Å². The number of aromatic nitrogens is 1. The van der Waals surface area contributed by atoms with E-state index in [0.29, 0.717) is 11.7 Å². The van der Waals surface area contributed by atoms with Crippen molar-refractivity contribution in [2.24, 2.45) is 0 Å². The molecule has 1 saturated heterocycles. The van der Waals surface area contributed by atoms with Crippen molar-refractivity contribution in [2.45, 2.75) is 38.7 Å². The summed E-state index contributed by atoms with van der Waals surface area (Å²) in [4.78, 5) is 20.8. The van der Waals surface area contributed by atoms with Gasteiger partial charge < -0.3 is 14.5 Å². The molecule has 2 heterocycles. The number of carbonyl (C=O) groups is 1. The van der Waals surface area contributed by atoms with Gasteiger partial charge in [-0.05, 0) is 37.8 Å². The third-order valence-corrected chi connectivity index (χ3v) is 3.97. The molecule has 0 N–H and O–H groups in total. The molecule has 0 aromatic carbocycles. The summed E-state index contributed by atoms with van der Waals surface area (Å²) in [6.07, 6.45) is 6.02. The molecule has 22 heavy (non-hydrogen) atoms. The first-order valence-electron chi connectivity index (χ1n) is 8.16. The second-order valence-corrected chi connectivity index (χ2v) is 6.01. The highest BCUT2D eigenvalue weighted by Crippen LogP contribution is 2.18. The molecule has 0 spiro atoms. The summed E-state index contributed by atoms with van der Waals surface area (Å²) in [5, 5.41) is 0. The van der Waals surface area contributed by atoms with E-state index >= 15 is 0 Å². The van der Waals surface area contributed by atoms with Gasteiger partial charge >= 0.3 is 0 Å². The smallest absolute Gasteiger partial charge is 0.254 e. The minimum Gasteiger partial charge on any atom is -0.378 e. The molecule has 1 aromatic rings. The lowest BCUT2D eigenvalue weighted by molar-refractivity contribution is 0.0432. The largest absolute Gasteiger partial charge is 0.378 e. The molecule has 1 fully saturated rings. The van der Waals surface area contributed by atoms with Crippen LogP contribution < -0.4 is 4.90 Å². The maximum atomic E-state index is 12.7. The standard InChI is InChI=1S/C17H27N3O2/c1-4-12-22-15-6-5-10-20(11-8-15)17(21)14-7-9-18-16(13-14)19(2)3/h7,9,13,15H,4-6,8,10-12H2,1-3H3/t15-/m1/s1. The van der Waals surface area contributed by atoms with Crippen LogP contribution in [0.4, 0.5) is 5.82 Å². The zero-order valence-corrected chi connectivity index (χ0v) is 13.9. The van der Waals surface area contributed by atoms with E-state index in [4.69, 9.17) is 4.74 Å². The Hall–Kier alpha value is -1.62. The number of hydrogen-bond donors (Lipinski definition) is 0. The van der Waals surface area contributed by atoms with Gasteiger partial charge in [0.1, 0.15) is 5.82 Å². The van der Waals surface area contributed by atoms with Crippen LogP contribution in [0.3, 0.4) is 0 Å². The molecule has 1 aromatic heterocycles. The molecule has 1 aliphatic rings. The highest BCUT2D eigenvalue weighted by atomic mass is 16.5. The van der Waals surface area contributed by atoms with Gasteiger partial charge in [-0.1, -0.05) is 6.92 Å². The van der Waals surface area contributed by atoms with E-state index < -0.39 is 0 Å². The first-order valence-corrected chi connectivity index (χ1v) is 8.16. The Morgan fingerprint density at radius 1 is 1.41 bits per heavy atom. The summed E-state index contributed by atoms with van der Waals surface area (Å²) in [5.41, 5.74) is 0.714. The second-order valence-electron chi connectivity index (χ2n) is 6.01. The van der Waals surface area contributed by atoms with Crippen molar-refractivity contribution in [3.05, 3.63) is 23.9 Å². The van der Waals surface area contributed by atoms with Crippen molar-refractivity contribution in [2.75, 3.05) is 38.7 Å². The van der Waals surface area contributed by atoms with Gasteiger partial charge in [0.2, 0.25) is 0 Å². The predicted molar refractivity (Wildman–Crippen MR) is 88.3 cm³/mol. The summed E-state index contributed by atoms with van der Waals surface area (Å²) in [7, 11) is 3.86. The van der Waals surface area contributed by atoms with Gasteiger partial charge in [-0.3, -0.25) is 4.79 Å². The second kappa shape index (κ2) is 8.13. The van der Waals surface area contributed by atoms with E-state index in [1.165, 1.54) is 0 Å². The van der Waals surface area contributed by atoms with Crippen LogP contribution in [-0.2, 0) is 4.74 Å². The van der Waals surface area contributed by atoms with Gasteiger partial charge in [-0.15, -0.1) is 0 Å². The monoisotopic (exact) mass is 305 g/mol. The summed E-state index contributed by atoms with van der Waals surface area (Å²) < 4.78 is 5.84. The van der Waals surface area contributed by atoms with Crippen molar-refractivity contribution in [1.82, 2.24) is 9.88 Å². The van der Waals surface area contributed by atoms with Crippen LogP contribution in [0.25, 0.3) is 0 Å². The minimum atomic E-state index is 0.0987. The number of rotatable bonds is 5. The van der Waals surface area contributed by atoms with Crippen molar-refractivity contribution in [1.29, 1.82) is 0 Å². The number of nitrogens with zero attached hydrogens (tertiary/aromatic N) is 3. The van der Waals surface area contributed by atoms with Crippen molar-refractivity contribution < 1.29 is 9.53 Å². The average molecular weight is 305 g/mol. The van der Waals surface area contributed by atoms with Gasteiger partial charge in [0.05, 0.1) is 6.10 Å². The zero-order chi connectivity index (χ0) is 15.9. The van der Waals surface area contributed by atoms with Crippen LogP contribution in [0, 0.1) is 0 Å². The van der Waals surface area contributed by atoms with Crippen LogP contribution in [0.5, 0.6) is 0 Å². The van der Waals surface area contributed by atoms with Crippen LogP contribution in [-0.4, -0.2) is 55.7 Å². The first-order chi connectivity index (χ1) is 10.6. The summed E-state index contributed by atoms with van der Waals surface area (Å²) >= 11 is 0. The molecule has 0 bridgehead atoms. The highest BCUT2D eigenvalue weighted by molar-refractivity contribution is 5.94. The van der Waals surface area contributed by atoms with Gasteiger partial charge in [-0.25, -0.2) is 4.98 Å². The molecule has 0 unspecified atom stereocenters. The molecule has 122 valence electrons. The van der Waals surface area contributed by atoms with Gasteiger partial charge in [0.15, 0.2) is 0 Å². The van der Waals surface area contributed by atoms with Crippen LogP contribution in [0.15, 0.2) is 18.3 Å². The Morgan fingerprint density at radius 3 is 2.95 bits per heavy atom. The maximum Gasteiger partial charge on any atom is 0.254 e. The van der Waals surface area contributed by atoms with E-state index in [0.717, 1.165) is 51.2 Å². The normalized spacial score (nSPS) is 18.9. The van der Waals surface area contributed by atoms with Gasteiger partial charge in [0.25, 0.3) is 5.91 Å². The molecular formula is C17H27N3O2. The summed E-state index contributed by atoms with van der Waals surface area (Å²) in [5.74, 6) is 0.909. The first kappa shape index (κ1) is 16.7. The topological polar surface area (TPSA) is 45.7 Å². The fourth-order valence-electron chi connectivity index (χ4n) is 2.70. The Balaban J connectivity index is 1.99. The number of carbonyl (C=O) groups excluding carboxylic acids is 1. The van der Waals surface area contributed by atoms with Crippen LogP contribution >= 0.6 is 0 Å². The lowest BCUT2D eigenvalue weighted by Gasteiger charge is -2.21. The minimum absolute atomic E-state index is 0.0987. The third-order valence-electron chi connectivity index (χ3n) is 3.97. The number of amides is 1. The Labute approximate surface area is 133 Å².